The second-order valence-corrected chi connectivity index (χ2v) is 2.91. The van der Waals surface area contributed by atoms with Gasteiger partial charge in [0.1, 0.15) is 5.82 Å². The number of carboxylic acid groups (broad SMARTS) is 1. The molecule has 0 bridgehead atoms. The third kappa shape index (κ3) is 7.67. The summed E-state index contributed by atoms with van der Waals surface area (Å²) in [5.74, 6) is -0.789. The van der Waals surface area contributed by atoms with Crippen molar-refractivity contribution in [2.24, 2.45) is 5.92 Å². The fraction of sp³-hybridized carbons (Fsp3) is 0.417. The van der Waals surface area contributed by atoms with E-state index in [0.29, 0.717) is 0 Å². The number of hydrogen-bond acceptors (Lipinski definition) is 1. The van der Waals surface area contributed by atoms with E-state index in [9.17, 15) is 9.18 Å². The molecule has 84 valence electrons. The minimum absolute atomic E-state index is 0.0185. The standard InChI is InChI=1S/C6H5F.C4H6O2.C2H6/c7-6-4-2-1-3-5-6;5-4(6)3-1-2-3;1-2/h1-5H;3H,1-2H2,(H,5,6);1-2H3. The average Bonchev–Trinajstić information content (AvgIpc) is 3.06. The van der Waals surface area contributed by atoms with Crippen molar-refractivity contribution in [3.05, 3.63) is 36.1 Å². The summed E-state index contributed by atoms with van der Waals surface area (Å²) in [6.07, 6.45) is 1.80. The molecule has 1 fully saturated rings. The molecule has 0 amide bonds. The molecule has 15 heavy (non-hydrogen) atoms. The number of aliphatic carboxylic acids is 1. The summed E-state index contributed by atoms with van der Waals surface area (Å²) in [7, 11) is 0. The van der Waals surface area contributed by atoms with E-state index in [1.54, 1.807) is 18.2 Å². The Bertz CT molecular complexity index is 268. The molecule has 1 aliphatic rings. The molecular formula is C12H17FO2. The van der Waals surface area contributed by atoms with E-state index in [4.69, 9.17) is 5.11 Å². The van der Waals surface area contributed by atoms with Gasteiger partial charge in [-0.25, -0.2) is 4.39 Å². The van der Waals surface area contributed by atoms with Gasteiger partial charge in [-0.15, -0.1) is 0 Å². The molecule has 2 rings (SSSR count). The summed E-state index contributed by atoms with van der Waals surface area (Å²) in [6, 6.07) is 7.94. The van der Waals surface area contributed by atoms with Crippen molar-refractivity contribution in [3.8, 4) is 0 Å². The van der Waals surface area contributed by atoms with Crippen LogP contribution in [0.15, 0.2) is 30.3 Å². The summed E-state index contributed by atoms with van der Waals surface area (Å²) in [4.78, 5) is 9.76. The first kappa shape index (κ1) is 13.6. The summed E-state index contributed by atoms with van der Waals surface area (Å²) < 4.78 is 11.9. The van der Waals surface area contributed by atoms with Crippen molar-refractivity contribution in [2.75, 3.05) is 0 Å². The van der Waals surface area contributed by atoms with E-state index in [0.717, 1.165) is 12.8 Å². The van der Waals surface area contributed by atoms with E-state index >= 15 is 0 Å². The fourth-order valence-corrected chi connectivity index (χ4v) is 0.745. The normalized spacial score (nSPS) is 12.7. The van der Waals surface area contributed by atoms with Crippen LogP contribution >= 0.6 is 0 Å². The van der Waals surface area contributed by atoms with Crippen LogP contribution in [0.3, 0.4) is 0 Å². The third-order valence-electron chi connectivity index (χ3n) is 1.66. The van der Waals surface area contributed by atoms with Crippen molar-refractivity contribution < 1.29 is 14.3 Å². The van der Waals surface area contributed by atoms with Crippen molar-refractivity contribution in [1.82, 2.24) is 0 Å². The number of hydrogen-bond donors (Lipinski definition) is 1. The van der Waals surface area contributed by atoms with Gasteiger partial charge in [0.15, 0.2) is 0 Å². The van der Waals surface area contributed by atoms with Gasteiger partial charge in [0, 0.05) is 0 Å². The second kappa shape index (κ2) is 7.97. The predicted molar refractivity (Wildman–Crippen MR) is 58.1 cm³/mol. The zero-order valence-corrected chi connectivity index (χ0v) is 9.11. The van der Waals surface area contributed by atoms with Crippen LogP contribution in [-0.2, 0) is 4.79 Å². The predicted octanol–water partition coefficient (Wildman–Crippen LogP) is 3.33. The van der Waals surface area contributed by atoms with Crippen LogP contribution in [0.4, 0.5) is 4.39 Å². The Hall–Kier alpha value is -1.38. The van der Waals surface area contributed by atoms with Crippen LogP contribution in [0.25, 0.3) is 0 Å². The van der Waals surface area contributed by atoms with E-state index < -0.39 is 5.97 Å². The first-order valence-electron chi connectivity index (χ1n) is 5.13. The maximum absolute atomic E-state index is 11.9. The van der Waals surface area contributed by atoms with E-state index in [-0.39, 0.29) is 11.7 Å². The smallest absolute Gasteiger partial charge is 0.306 e. The van der Waals surface area contributed by atoms with Crippen molar-refractivity contribution >= 4 is 5.97 Å². The lowest BCUT2D eigenvalue weighted by Crippen LogP contribution is -1.94. The molecule has 1 aromatic carbocycles. The van der Waals surface area contributed by atoms with Gasteiger partial charge >= 0.3 is 5.97 Å². The first-order chi connectivity index (χ1) is 7.20. The molecule has 0 unspecified atom stereocenters. The number of rotatable bonds is 1. The molecule has 0 radical (unpaired) electrons. The maximum atomic E-state index is 11.9. The molecule has 1 N–H and O–H groups in total. The molecule has 0 atom stereocenters. The van der Waals surface area contributed by atoms with Gasteiger partial charge in [0.25, 0.3) is 0 Å². The van der Waals surface area contributed by atoms with Gasteiger partial charge in [-0.1, -0.05) is 32.0 Å². The minimum atomic E-state index is -0.630. The molecule has 0 aliphatic heterocycles. The lowest BCUT2D eigenvalue weighted by molar-refractivity contribution is -0.138. The second-order valence-electron chi connectivity index (χ2n) is 2.91. The molecule has 0 aromatic heterocycles. The molecule has 1 aromatic rings. The van der Waals surface area contributed by atoms with Crippen molar-refractivity contribution in [2.45, 2.75) is 26.7 Å². The van der Waals surface area contributed by atoms with E-state index in [2.05, 4.69) is 0 Å². The van der Waals surface area contributed by atoms with Crippen LogP contribution in [0, 0.1) is 11.7 Å². The summed E-state index contributed by atoms with van der Waals surface area (Å²) in [5.41, 5.74) is 0. The third-order valence-corrected chi connectivity index (χ3v) is 1.66. The number of carboxylic acids is 1. The van der Waals surface area contributed by atoms with Gasteiger partial charge in [0.05, 0.1) is 5.92 Å². The highest BCUT2D eigenvalue weighted by Crippen LogP contribution is 2.28. The molecule has 1 aliphatic carbocycles. The average molecular weight is 212 g/mol. The maximum Gasteiger partial charge on any atom is 0.306 e. The molecule has 0 heterocycles. The van der Waals surface area contributed by atoms with Gasteiger partial charge < -0.3 is 5.11 Å². The van der Waals surface area contributed by atoms with Gasteiger partial charge in [-0.05, 0) is 25.0 Å². The molecule has 0 spiro atoms. The largest absolute Gasteiger partial charge is 0.481 e. The molecule has 0 saturated heterocycles. The Kier molecular flexibility index (Phi) is 7.24. The zero-order chi connectivity index (χ0) is 11.7. The fourth-order valence-electron chi connectivity index (χ4n) is 0.745. The van der Waals surface area contributed by atoms with Crippen LogP contribution < -0.4 is 0 Å². The Labute approximate surface area is 89.7 Å². The number of halogens is 1. The molecule has 3 heteroatoms. The summed E-state index contributed by atoms with van der Waals surface area (Å²) in [6.45, 7) is 4.00. The van der Waals surface area contributed by atoms with Crippen LogP contribution in [0.1, 0.15) is 26.7 Å². The van der Waals surface area contributed by atoms with Crippen molar-refractivity contribution in [1.29, 1.82) is 0 Å². The highest BCUT2D eigenvalue weighted by Gasteiger charge is 2.28. The Balaban J connectivity index is 0.000000227. The summed E-state index contributed by atoms with van der Waals surface area (Å²) >= 11 is 0. The van der Waals surface area contributed by atoms with E-state index in [1.807, 2.05) is 13.8 Å². The molecule has 2 nitrogen and oxygen atoms in total. The van der Waals surface area contributed by atoms with Crippen LogP contribution in [0.5, 0.6) is 0 Å². The Morgan fingerprint density at radius 1 is 1.27 bits per heavy atom. The molecule has 1 saturated carbocycles. The van der Waals surface area contributed by atoms with Gasteiger partial charge in [-0.3, -0.25) is 4.79 Å². The SMILES string of the molecule is CC.Fc1ccccc1.O=C(O)C1CC1. The number of carbonyl (C=O) groups is 1. The van der Waals surface area contributed by atoms with Crippen LogP contribution in [0.2, 0.25) is 0 Å². The Morgan fingerprint density at radius 2 is 1.73 bits per heavy atom. The first-order valence-corrected chi connectivity index (χ1v) is 5.13. The van der Waals surface area contributed by atoms with E-state index in [1.165, 1.54) is 12.1 Å². The number of benzene rings is 1. The Morgan fingerprint density at radius 3 is 1.87 bits per heavy atom. The lowest BCUT2D eigenvalue weighted by atomic mass is 10.4. The minimum Gasteiger partial charge on any atom is -0.481 e. The molecular weight excluding hydrogens is 195 g/mol. The lowest BCUT2D eigenvalue weighted by Gasteiger charge is -1.78. The van der Waals surface area contributed by atoms with Gasteiger partial charge in [-0.2, -0.15) is 0 Å². The topological polar surface area (TPSA) is 37.3 Å². The quantitative estimate of drug-likeness (QED) is 0.775. The van der Waals surface area contributed by atoms with Gasteiger partial charge in [0.2, 0.25) is 0 Å². The monoisotopic (exact) mass is 212 g/mol. The summed E-state index contributed by atoms with van der Waals surface area (Å²) in [5, 5.41) is 8.05. The highest BCUT2D eigenvalue weighted by atomic mass is 19.1. The zero-order valence-electron chi connectivity index (χ0n) is 9.11. The van der Waals surface area contributed by atoms with Crippen molar-refractivity contribution in [3.63, 3.8) is 0 Å². The van der Waals surface area contributed by atoms with Crippen LogP contribution in [-0.4, -0.2) is 11.1 Å². The highest BCUT2D eigenvalue weighted by molar-refractivity contribution is 5.72.